The maximum absolute atomic E-state index is 12.8. The van der Waals surface area contributed by atoms with Crippen molar-refractivity contribution in [2.75, 3.05) is 0 Å². The van der Waals surface area contributed by atoms with Crippen molar-refractivity contribution in [3.63, 3.8) is 0 Å². The van der Waals surface area contributed by atoms with E-state index in [9.17, 15) is 9.18 Å². The van der Waals surface area contributed by atoms with E-state index in [4.69, 9.17) is 0 Å². The molecule has 0 radical (unpaired) electrons. The van der Waals surface area contributed by atoms with Crippen LogP contribution in [0.3, 0.4) is 0 Å². The Labute approximate surface area is 94.6 Å². The van der Waals surface area contributed by atoms with Gasteiger partial charge in [0.2, 0.25) is 0 Å². The molecule has 0 fully saturated rings. The molecule has 5 nitrogen and oxygen atoms in total. The smallest absolute Gasteiger partial charge is 0.260 e. The molecule has 0 spiro atoms. The van der Waals surface area contributed by atoms with Gasteiger partial charge in [0, 0.05) is 6.20 Å². The minimum absolute atomic E-state index is 0.212. The molecule has 3 aromatic rings. The molecule has 17 heavy (non-hydrogen) atoms. The van der Waals surface area contributed by atoms with Gasteiger partial charge in [-0.15, -0.1) is 0 Å². The number of nitrogens with zero attached hydrogens (tertiary/aromatic N) is 3. The second-order valence-corrected chi connectivity index (χ2v) is 3.49. The molecule has 0 unspecified atom stereocenters. The molecular weight excluding hydrogens is 223 g/mol. The molecular formula is C11H7FN4O. The van der Waals surface area contributed by atoms with E-state index in [1.807, 2.05) is 0 Å². The van der Waals surface area contributed by atoms with Crippen LogP contribution in [0.2, 0.25) is 0 Å². The summed E-state index contributed by atoms with van der Waals surface area (Å²) in [6.07, 6.45) is 4.12. The summed E-state index contributed by atoms with van der Waals surface area (Å²) in [5.74, 6) is 0.107. The first-order valence-electron chi connectivity index (χ1n) is 4.92. The van der Waals surface area contributed by atoms with Crippen LogP contribution in [0.1, 0.15) is 0 Å². The monoisotopic (exact) mass is 230 g/mol. The molecule has 0 aliphatic rings. The van der Waals surface area contributed by atoms with Gasteiger partial charge in [0.15, 0.2) is 5.65 Å². The van der Waals surface area contributed by atoms with Crippen LogP contribution in [0.25, 0.3) is 16.9 Å². The number of rotatable bonds is 1. The second kappa shape index (κ2) is 3.51. The van der Waals surface area contributed by atoms with Crippen LogP contribution in [-0.2, 0) is 0 Å². The van der Waals surface area contributed by atoms with Crippen molar-refractivity contribution in [2.45, 2.75) is 0 Å². The first kappa shape index (κ1) is 9.71. The molecule has 0 atom stereocenters. The summed E-state index contributed by atoms with van der Waals surface area (Å²) in [5.41, 5.74) is 0.281. The topological polar surface area (TPSA) is 63.6 Å². The van der Waals surface area contributed by atoms with Gasteiger partial charge in [0.1, 0.15) is 11.6 Å². The SMILES string of the molecule is O=c1[nH]cnc2c1ccn2-c1ccc(F)cn1. The predicted molar refractivity (Wildman–Crippen MR) is 59.4 cm³/mol. The fraction of sp³-hybridized carbons (Fsp3) is 0. The quantitative estimate of drug-likeness (QED) is 0.684. The van der Waals surface area contributed by atoms with Crippen molar-refractivity contribution in [3.8, 4) is 5.82 Å². The third-order valence-corrected chi connectivity index (χ3v) is 2.45. The molecule has 0 aliphatic heterocycles. The van der Waals surface area contributed by atoms with Crippen molar-refractivity contribution < 1.29 is 4.39 Å². The lowest BCUT2D eigenvalue weighted by molar-refractivity contribution is 0.620. The van der Waals surface area contributed by atoms with Crippen LogP contribution >= 0.6 is 0 Å². The average molecular weight is 230 g/mol. The number of halogens is 1. The molecule has 0 saturated heterocycles. The maximum Gasteiger partial charge on any atom is 0.260 e. The highest BCUT2D eigenvalue weighted by atomic mass is 19.1. The summed E-state index contributed by atoms with van der Waals surface area (Å²) in [6.45, 7) is 0. The minimum Gasteiger partial charge on any atom is -0.313 e. The standard InChI is InChI=1S/C11H7FN4O/c12-7-1-2-9(13-5-7)16-4-3-8-10(16)14-6-15-11(8)17/h1-6H,(H,14,15,17). The Kier molecular flexibility index (Phi) is 2.01. The number of aromatic amines is 1. The van der Waals surface area contributed by atoms with Crippen LogP contribution in [0.5, 0.6) is 0 Å². The Balaban J connectivity index is 2.28. The van der Waals surface area contributed by atoms with Crippen LogP contribution < -0.4 is 5.56 Å². The van der Waals surface area contributed by atoms with Gasteiger partial charge in [-0.1, -0.05) is 0 Å². The predicted octanol–water partition coefficient (Wildman–Crippen LogP) is 1.25. The fourth-order valence-electron chi connectivity index (χ4n) is 1.66. The second-order valence-electron chi connectivity index (χ2n) is 3.49. The van der Waals surface area contributed by atoms with Gasteiger partial charge >= 0.3 is 0 Å². The van der Waals surface area contributed by atoms with Crippen LogP contribution in [-0.4, -0.2) is 19.5 Å². The lowest BCUT2D eigenvalue weighted by atomic mass is 10.4. The van der Waals surface area contributed by atoms with E-state index >= 15 is 0 Å². The van der Waals surface area contributed by atoms with E-state index in [0.29, 0.717) is 16.9 Å². The Hall–Kier alpha value is -2.50. The van der Waals surface area contributed by atoms with E-state index in [0.717, 1.165) is 6.20 Å². The molecule has 0 saturated carbocycles. The van der Waals surface area contributed by atoms with E-state index in [1.54, 1.807) is 16.8 Å². The Morgan fingerprint density at radius 3 is 2.88 bits per heavy atom. The Morgan fingerprint density at radius 1 is 1.24 bits per heavy atom. The molecule has 6 heteroatoms. The third-order valence-electron chi connectivity index (χ3n) is 2.45. The van der Waals surface area contributed by atoms with Crippen LogP contribution in [0.15, 0.2) is 41.7 Å². The van der Waals surface area contributed by atoms with E-state index in [2.05, 4.69) is 15.0 Å². The summed E-state index contributed by atoms with van der Waals surface area (Å²) in [5, 5.41) is 0.471. The summed E-state index contributed by atoms with van der Waals surface area (Å²) in [4.78, 5) is 22.0. The lowest BCUT2D eigenvalue weighted by Crippen LogP contribution is -2.06. The van der Waals surface area contributed by atoms with E-state index < -0.39 is 5.82 Å². The summed E-state index contributed by atoms with van der Waals surface area (Å²) in [6, 6.07) is 4.48. The van der Waals surface area contributed by atoms with Gasteiger partial charge < -0.3 is 4.98 Å². The highest BCUT2D eigenvalue weighted by Crippen LogP contribution is 2.13. The molecule has 3 rings (SSSR count). The molecule has 84 valence electrons. The van der Waals surface area contributed by atoms with Crippen molar-refractivity contribution in [1.29, 1.82) is 0 Å². The summed E-state index contributed by atoms with van der Waals surface area (Å²) in [7, 11) is 0. The van der Waals surface area contributed by atoms with Crippen LogP contribution in [0, 0.1) is 5.82 Å². The van der Waals surface area contributed by atoms with Gasteiger partial charge in [0.25, 0.3) is 5.56 Å². The lowest BCUT2D eigenvalue weighted by Gasteiger charge is -2.02. The maximum atomic E-state index is 12.8. The van der Waals surface area contributed by atoms with Crippen molar-refractivity contribution in [2.24, 2.45) is 0 Å². The van der Waals surface area contributed by atoms with E-state index in [1.165, 1.54) is 18.5 Å². The summed E-state index contributed by atoms with van der Waals surface area (Å²) >= 11 is 0. The molecule has 0 amide bonds. The van der Waals surface area contributed by atoms with Gasteiger partial charge in [-0.2, -0.15) is 0 Å². The molecule has 0 bridgehead atoms. The number of fused-ring (bicyclic) bond motifs is 1. The van der Waals surface area contributed by atoms with Gasteiger partial charge in [-0.25, -0.2) is 14.4 Å². The zero-order valence-electron chi connectivity index (χ0n) is 8.59. The normalized spacial score (nSPS) is 10.9. The third kappa shape index (κ3) is 1.50. The molecule has 1 N–H and O–H groups in total. The first-order valence-corrected chi connectivity index (χ1v) is 4.92. The Morgan fingerprint density at radius 2 is 2.12 bits per heavy atom. The molecule has 3 aromatic heterocycles. The Bertz CT molecular complexity index is 729. The zero-order valence-corrected chi connectivity index (χ0v) is 8.59. The van der Waals surface area contributed by atoms with Crippen LogP contribution in [0.4, 0.5) is 4.39 Å². The molecule has 0 aromatic carbocycles. The minimum atomic E-state index is -0.406. The summed E-state index contributed by atoms with van der Waals surface area (Å²) < 4.78 is 14.4. The highest BCUT2D eigenvalue weighted by molar-refractivity contribution is 5.76. The number of hydrogen-bond donors (Lipinski definition) is 1. The van der Waals surface area contributed by atoms with Crippen molar-refractivity contribution >= 4 is 11.0 Å². The van der Waals surface area contributed by atoms with Gasteiger partial charge in [0.05, 0.1) is 17.9 Å². The number of pyridine rings is 1. The molecule has 3 heterocycles. The number of nitrogens with one attached hydrogen (secondary N) is 1. The largest absolute Gasteiger partial charge is 0.313 e. The number of H-pyrrole nitrogens is 1. The van der Waals surface area contributed by atoms with Crippen molar-refractivity contribution in [1.82, 2.24) is 19.5 Å². The zero-order chi connectivity index (χ0) is 11.8. The first-order chi connectivity index (χ1) is 8.25. The fourth-order valence-corrected chi connectivity index (χ4v) is 1.66. The number of aromatic nitrogens is 4. The van der Waals surface area contributed by atoms with Gasteiger partial charge in [-0.3, -0.25) is 9.36 Å². The van der Waals surface area contributed by atoms with Crippen molar-refractivity contribution in [3.05, 3.63) is 53.1 Å². The number of hydrogen-bond acceptors (Lipinski definition) is 3. The molecule has 0 aliphatic carbocycles. The average Bonchev–Trinajstić information content (AvgIpc) is 2.75. The van der Waals surface area contributed by atoms with E-state index in [-0.39, 0.29) is 5.56 Å². The highest BCUT2D eigenvalue weighted by Gasteiger charge is 2.07. The van der Waals surface area contributed by atoms with Gasteiger partial charge in [-0.05, 0) is 18.2 Å².